The number of hydrogen-bond acceptors (Lipinski definition) is 5. The number of nitrogens with zero attached hydrogens (tertiary/aromatic N) is 2. The fourth-order valence-electron chi connectivity index (χ4n) is 5.67. The highest BCUT2D eigenvalue weighted by Crippen LogP contribution is 2.50. The van der Waals surface area contributed by atoms with E-state index in [0.29, 0.717) is 13.2 Å². The quantitative estimate of drug-likeness (QED) is 0.701. The van der Waals surface area contributed by atoms with Crippen molar-refractivity contribution in [2.24, 2.45) is 17.3 Å². The lowest BCUT2D eigenvalue weighted by Crippen LogP contribution is -2.52. The summed E-state index contributed by atoms with van der Waals surface area (Å²) in [5.74, 6) is -1.56. The molecule has 1 aromatic rings. The van der Waals surface area contributed by atoms with E-state index in [1.54, 1.807) is 0 Å². The van der Waals surface area contributed by atoms with E-state index in [0.717, 1.165) is 29.7 Å². The molecule has 5 unspecified atom stereocenters. The highest BCUT2D eigenvalue weighted by Gasteiger charge is 2.64. The molecule has 0 N–H and O–H groups in total. The molecule has 5 atom stereocenters. The first kappa shape index (κ1) is 20.4. The van der Waals surface area contributed by atoms with Crippen molar-refractivity contribution < 1.29 is 19.1 Å². The van der Waals surface area contributed by atoms with E-state index in [9.17, 15) is 14.4 Å². The van der Waals surface area contributed by atoms with Gasteiger partial charge in [-0.25, -0.2) is 0 Å². The van der Waals surface area contributed by atoms with E-state index in [2.05, 4.69) is 11.0 Å². The number of imide groups is 1. The van der Waals surface area contributed by atoms with Gasteiger partial charge in [0.25, 0.3) is 0 Å². The maximum Gasteiger partial charge on any atom is 0.235 e. The van der Waals surface area contributed by atoms with Crippen LogP contribution >= 0.6 is 0 Å². The Kier molecular flexibility index (Phi) is 4.63. The molecule has 31 heavy (non-hydrogen) atoms. The van der Waals surface area contributed by atoms with Gasteiger partial charge in [0.15, 0.2) is 5.78 Å². The van der Waals surface area contributed by atoms with Gasteiger partial charge in [-0.05, 0) is 37.5 Å². The van der Waals surface area contributed by atoms with Crippen LogP contribution in [0.15, 0.2) is 24.3 Å². The minimum absolute atomic E-state index is 0.00643. The molecule has 0 aromatic heterocycles. The van der Waals surface area contributed by atoms with Gasteiger partial charge in [-0.2, -0.15) is 0 Å². The number of likely N-dealkylation sites (tertiary alicyclic amines) is 1. The molecule has 6 heteroatoms. The number of ether oxygens (including phenoxy) is 1. The Labute approximate surface area is 183 Å². The number of Topliss-reactive ketones (excluding diaryl/α,β-unsaturated/α-hetero) is 1. The molecule has 0 bridgehead atoms. The van der Waals surface area contributed by atoms with Crippen molar-refractivity contribution >= 4 is 29.4 Å². The number of carbonyl (C=O) groups is 3. The summed E-state index contributed by atoms with van der Waals surface area (Å²) in [5, 5.41) is 0. The van der Waals surface area contributed by atoms with Gasteiger partial charge in [-0.3, -0.25) is 19.3 Å². The van der Waals surface area contributed by atoms with Crippen LogP contribution in [0.5, 0.6) is 0 Å². The third-order valence-corrected chi connectivity index (χ3v) is 7.17. The van der Waals surface area contributed by atoms with E-state index >= 15 is 0 Å². The summed E-state index contributed by atoms with van der Waals surface area (Å²) < 4.78 is 5.69. The predicted molar refractivity (Wildman–Crippen MR) is 117 cm³/mol. The Hall–Kier alpha value is -2.47. The standard InChI is InChI=1S/C25H30N2O4/c1-14-7-9-17-15(12-14)8-10-18-19-20(21(27(17)18)22(28)25(2,3)4)24(30)26(23(19)29)13-16-6-5-11-31-16/h7-10,12,16,18-21H,5-6,11,13H2,1-4H3. The normalized spacial score (nSPS) is 31.8. The average molecular weight is 423 g/mol. The Balaban J connectivity index is 1.58. The van der Waals surface area contributed by atoms with Crippen molar-refractivity contribution in [1.82, 2.24) is 4.90 Å². The third-order valence-electron chi connectivity index (χ3n) is 7.17. The maximum absolute atomic E-state index is 13.7. The zero-order valence-electron chi connectivity index (χ0n) is 18.6. The molecule has 2 amide bonds. The lowest BCUT2D eigenvalue weighted by atomic mass is 9.79. The smallest absolute Gasteiger partial charge is 0.235 e. The number of anilines is 1. The molecule has 0 spiro atoms. The zero-order valence-corrected chi connectivity index (χ0v) is 18.6. The van der Waals surface area contributed by atoms with Gasteiger partial charge >= 0.3 is 0 Å². The summed E-state index contributed by atoms with van der Waals surface area (Å²) in [6.45, 7) is 8.67. The molecule has 5 rings (SSSR count). The van der Waals surface area contributed by atoms with Gasteiger partial charge < -0.3 is 9.64 Å². The van der Waals surface area contributed by atoms with Crippen molar-refractivity contribution in [2.75, 3.05) is 18.1 Å². The molecule has 6 nitrogen and oxygen atoms in total. The summed E-state index contributed by atoms with van der Waals surface area (Å²) in [4.78, 5) is 44.2. The summed E-state index contributed by atoms with van der Waals surface area (Å²) in [6.07, 6.45) is 5.76. The molecule has 4 aliphatic heterocycles. The fourth-order valence-corrected chi connectivity index (χ4v) is 5.67. The van der Waals surface area contributed by atoms with Crippen LogP contribution in [0.1, 0.15) is 44.7 Å². The Morgan fingerprint density at radius 3 is 2.58 bits per heavy atom. The average Bonchev–Trinajstić information content (AvgIpc) is 3.40. The SMILES string of the molecule is Cc1ccc2c(c1)C=CC1C3C(=O)N(CC4CCCO4)C(=O)C3C(C(=O)C(C)(C)C)N21. The van der Waals surface area contributed by atoms with Gasteiger partial charge in [0.05, 0.1) is 30.5 Å². The van der Waals surface area contributed by atoms with Crippen LogP contribution in [0.2, 0.25) is 0 Å². The molecular formula is C25H30N2O4. The third kappa shape index (κ3) is 3.06. The summed E-state index contributed by atoms with van der Waals surface area (Å²) in [5.41, 5.74) is 2.47. The second-order valence-corrected chi connectivity index (χ2v) is 10.4. The van der Waals surface area contributed by atoms with Crippen molar-refractivity contribution in [3.8, 4) is 0 Å². The van der Waals surface area contributed by atoms with Gasteiger partial charge in [-0.1, -0.05) is 44.6 Å². The van der Waals surface area contributed by atoms with E-state index in [1.165, 1.54) is 4.90 Å². The zero-order chi connectivity index (χ0) is 22.1. The number of benzene rings is 1. The van der Waals surface area contributed by atoms with Crippen molar-refractivity contribution in [2.45, 2.75) is 58.7 Å². The highest BCUT2D eigenvalue weighted by molar-refractivity contribution is 6.11. The molecule has 0 saturated carbocycles. The van der Waals surface area contributed by atoms with E-state index in [1.807, 2.05) is 52.0 Å². The van der Waals surface area contributed by atoms with Crippen LogP contribution in [0.25, 0.3) is 6.08 Å². The number of fused-ring (bicyclic) bond motifs is 5. The van der Waals surface area contributed by atoms with Crippen molar-refractivity contribution in [1.29, 1.82) is 0 Å². The number of rotatable bonds is 3. The lowest BCUT2D eigenvalue weighted by Gasteiger charge is -2.38. The highest BCUT2D eigenvalue weighted by atomic mass is 16.5. The first-order chi connectivity index (χ1) is 14.7. The van der Waals surface area contributed by atoms with Crippen LogP contribution in [-0.4, -0.2) is 53.8 Å². The van der Waals surface area contributed by atoms with Crippen molar-refractivity contribution in [3.05, 3.63) is 35.4 Å². The molecule has 3 fully saturated rings. The molecule has 4 aliphatic rings. The molecule has 164 valence electrons. The van der Waals surface area contributed by atoms with Gasteiger partial charge in [0.1, 0.15) is 6.04 Å². The van der Waals surface area contributed by atoms with E-state index in [4.69, 9.17) is 4.74 Å². The minimum atomic E-state index is -0.650. The van der Waals surface area contributed by atoms with Crippen LogP contribution in [0, 0.1) is 24.2 Å². The number of aryl methyl sites for hydroxylation is 1. The predicted octanol–water partition coefficient (Wildman–Crippen LogP) is 2.97. The summed E-state index contributed by atoms with van der Waals surface area (Å²) in [7, 11) is 0. The maximum atomic E-state index is 13.7. The van der Waals surface area contributed by atoms with E-state index in [-0.39, 0.29) is 29.7 Å². The number of carbonyl (C=O) groups excluding carboxylic acids is 3. The molecular weight excluding hydrogens is 392 g/mol. The summed E-state index contributed by atoms with van der Waals surface area (Å²) >= 11 is 0. The van der Waals surface area contributed by atoms with Crippen molar-refractivity contribution in [3.63, 3.8) is 0 Å². The van der Waals surface area contributed by atoms with Crippen LogP contribution in [-0.2, 0) is 19.1 Å². The Morgan fingerprint density at radius 2 is 1.90 bits per heavy atom. The van der Waals surface area contributed by atoms with E-state index < -0.39 is 23.3 Å². The molecule has 0 aliphatic carbocycles. The van der Waals surface area contributed by atoms with Crippen LogP contribution in [0.4, 0.5) is 5.69 Å². The number of hydrogen-bond donors (Lipinski definition) is 0. The monoisotopic (exact) mass is 422 g/mol. The number of ketones is 1. The largest absolute Gasteiger partial charge is 0.376 e. The lowest BCUT2D eigenvalue weighted by molar-refractivity contribution is -0.143. The second kappa shape index (κ2) is 7.02. The molecule has 1 aromatic carbocycles. The number of amides is 2. The van der Waals surface area contributed by atoms with Gasteiger partial charge in [-0.15, -0.1) is 0 Å². The molecule has 3 saturated heterocycles. The first-order valence-electron chi connectivity index (χ1n) is 11.3. The topological polar surface area (TPSA) is 66.9 Å². The van der Waals surface area contributed by atoms with Gasteiger partial charge in [0, 0.05) is 17.7 Å². The molecule has 0 radical (unpaired) electrons. The Morgan fingerprint density at radius 1 is 1.16 bits per heavy atom. The van der Waals surface area contributed by atoms with Crippen LogP contribution < -0.4 is 4.90 Å². The molecule has 4 heterocycles. The minimum Gasteiger partial charge on any atom is -0.376 e. The van der Waals surface area contributed by atoms with Gasteiger partial charge in [0.2, 0.25) is 11.8 Å². The fraction of sp³-hybridized carbons (Fsp3) is 0.560. The summed E-state index contributed by atoms with van der Waals surface area (Å²) in [6, 6.07) is 5.19. The van der Waals surface area contributed by atoms with Crippen LogP contribution in [0.3, 0.4) is 0 Å². The Bertz CT molecular complexity index is 986. The first-order valence-corrected chi connectivity index (χ1v) is 11.3. The second-order valence-electron chi connectivity index (χ2n) is 10.4.